The zero-order chi connectivity index (χ0) is 18.5. The normalized spacial score (nSPS) is 10.8. The van der Waals surface area contributed by atoms with E-state index in [1.165, 1.54) is 0 Å². The van der Waals surface area contributed by atoms with E-state index < -0.39 is 0 Å². The molecule has 0 N–H and O–H groups in total. The maximum absolute atomic E-state index is 5.48. The summed E-state index contributed by atoms with van der Waals surface area (Å²) in [5.74, 6) is 2.26. The van der Waals surface area contributed by atoms with Crippen LogP contribution < -0.4 is 0 Å². The van der Waals surface area contributed by atoms with Crippen LogP contribution in [0.25, 0.3) is 22.6 Å². The second-order valence-electron chi connectivity index (χ2n) is 5.90. The summed E-state index contributed by atoms with van der Waals surface area (Å²) in [4.78, 5) is 0. The van der Waals surface area contributed by atoms with Crippen LogP contribution in [0.2, 0.25) is 0 Å². The van der Waals surface area contributed by atoms with Gasteiger partial charge in [-0.15, -0.1) is 16.8 Å². The Morgan fingerprint density at radius 2 is 1.67 bits per heavy atom. The topological polar surface area (TPSA) is 56.7 Å². The van der Waals surface area contributed by atoms with Gasteiger partial charge >= 0.3 is 0 Å². The molecule has 6 heteroatoms. The first kappa shape index (κ1) is 17.3. The summed E-state index contributed by atoms with van der Waals surface area (Å²) in [5.41, 5.74) is 2.91. The van der Waals surface area contributed by atoms with E-state index in [-0.39, 0.29) is 0 Å². The van der Waals surface area contributed by atoms with Crippen molar-refractivity contribution in [2.24, 2.45) is 0 Å². The van der Waals surface area contributed by atoms with Gasteiger partial charge in [-0.3, -0.25) is 4.57 Å². The molecule has 2 aromatic heterocycles. The molecule has 0 fully saturated rings. The van der Waals surface area contributed by atoms with Gasteiger partial charge in [0.2, 0.25) is 0 Å². The smallest absolute Gasteiger partial charge is 0.192 e. The first-order chi connectivity index (χ1) is 13.3. The average Bonchev–Trinajstić information content (AvgIpc) is 3.35. The molecule has 5 nitrogen and oxygen atoms in total. The number of rotatable bonds is 7. The quantitative estimate of drug-likeness (QED) is 0.334. The van der Waals surface area contributed by atoms with Gasteiger partial charge < -0.3 is 4.52 Å². The Bertz CT molecular complexity index is 1020. The largest absolute Gasteiger partial charge is 0.360 e. The van der Waals surface area contributed by atoms with Crippen LogP contribution in [0.5, 0.6) is 0 Å². The molecule has 0 unspecified atom stereocenters. The summed E-state index contributed by atoms with van der Waals surface area (Å²) in [6, 6.07) is 22.0. The molecule has 0 aliphatic carbocycles. The molecule has 134 valence electrons. The Balaban J connectivity index is 1.53. The molecule has 0 atom stereocenters. The number of thioether (sulfide) groups is 1. The van der Waals surface area contributed by atoms with E-state index in [1.54, 1.807) is 11.8 Å². The first-order valence-corrected chi connectivity index (χ1v) is 9.57. The van der Waals surface area contributed by atoms with Crippen LogP contribution in [0.1, 0.15) is 5.76 Å². The predicted octanol–water partition coefficient (Wildman–Crippen LogP) is 5.08. The number of benzene rings is 2. The third-order valence-corrected chi connectivity index (χ3v) is 5.02. The summed E-state index contributed by atoms with van der Waals surface area (Å²) < 4.78 is 7.54. The summed E-state index contributed by atoms with van der Waals surface area (Å²) in [6.07, 6.45) is 1.85. The van der Waals surface area contributed by atoms with Crippen LogP contribution in [0.4, 0.5) is 0 Å². The number of allylic oxidation sites excluding steroid dienone is 1. The Labute approximate surface area is 161 Å². The standard InChI is InChI=1S/C21H18N4OS/c1-2-13-25-20(17-11-7-4-8-12-17)22-23-21(25)27-15-18-14-19(24-26-18)16-9-5-3-6-10-16/h2-12,14H,1,13,15H2. The van der Waals surface area contributed by atoms with Crippen molar-refractivity contribution in [3.8, 4) is 22.6 Å². The lowest BCUT2D eigenvalue weighted by molar-refractivity contribution is 0.397. The van der Waals surface area contributed by atoms with Crippen LogP contribution in [-0.4, -0.2) is 19.9 Å². The number of aromatic nitrogens is 4. The molecule has 0 radical (unpaired) electrons. The average molecular weight is 374 g/mol. The molecule has 4 rings (SSSR count). The lowest BCUT2D eigenvalue weighted by Gasteiger charge is -2.06. The molecule has 2 aromatic carbocycles. The molecule has 0 saturated carbocycles. The van der Waals surface area contributed by atoms with Gasteiger partial charge in [-0.2, -0.15) is 0 Å². The molecule has 0 bridgehead atoms. The molecule has 0 spiro atoms. The van der Waals surface area contributed by atoms with Crippen LogP contribution >= 0.6 is 11.8 Å². The SMILES string of the molecule is C=CCn1c(SCc2cc(-c3ccccc3)no2)nnc1-c1ccccc1. The summed E-state index contributed by atoms with van der Waals surface area (Å²) in [7, 11) is 0. The maximum Gasteiger partial charge on any atom is 0.192 e. The predicted molar refractivity (Wildman–Crippen MR) is 107 cm³/mol. The van der Waals surface area contributed by atoms with E-state index >= 15 is 0 Å². The summed E-state index contributed by atoms with van der Waals surface area (Å²) in [6.45, 7) is 4.50. The van der Waals surface area contributed by atoms with Gasteiger partial charge in [-0.05, 0) is 0 Å². The Morgan fingerprint density at radius 1 is 0.963 bits per heavy atom. The molecule has 27 heavy (non-hydrogen) atoms. The van der Waals surface area contributed by atoms with Gasteiger partial charge in [-0.25, -0.2) is 0 Å². The van der Waals surface area contributed by atoms with Crippen molar-refractivity contribution in [3.05, 3.63) is 85.1 Å². The lowest BCUT2D eigenvalue weighted by atomic mass is 10.1. The van der Waals surface area contributed by atoms with E-state index in [0.717, 1.165) is 33.6 Å². The Kier molecular flexibility index (Phi) is 5.16. The van der Waals surface area contributed by atoms with E-state index in [0.29, 0.717) is 12.3 Å². The molecule has 4 aromatic rings. The second-order valence-corrected chi connectivity index (χ2v) is 6.85. The van der Waals surface area contributed by atoms with Gasteiger partial charge in [-0.1, -0.05) is 83.7 Å². The fourth-order valence-corrected chi connectivity index (χ4v) is 3.57. The lowest BCUT2D eigenvalue weighted by Crippen LogP contribution is -2.00. The van der Waals surface area contributed by atoms with E-state index in [9.17, 15) is 0 Å². The summed E-state index contributed by atoms with van der Waals surface area (Å²) >= 11 is 1.57. The van der Waals surface area contributed by atoms with Crippen LogP contribution in [0, 0.1) is 0 Å². The molecule has 2 heterocycles. The van der Waals surface area contributed by atoms with Gasteiger partial charge in [0, 0.05) is 23.7 Å². The summed E-state index contributed by atoms with van der Waals surface area (Å²) in [5, 5.41) is 13.7. The van der Waals surface area contributed by atoms with Crippen molar-refractivity contribution in [2.75, 3.05) is 0 Å². The fourth-order valence-electron chi connectivity index (χ4n) is 2.75. The second kappa shape index (κ2) is 8.05. The Morgan fingerprint density at radius 3 is 2.37 bits per heavy atom. The minimum atomic E-state index is 0.629. The minimum absolute atomic E-state index is 0.629. The van der Waals surface area contributed by atoms with Crippen molar-refractivity contribution < 1.29 is 4.52 Å². The third kappa shape index (κ3) is 3.85. The van der Waals surface area contributed by atoms with Crippen molar-refractivity contribution in [2.45, 2.75) is 17.5 Å². The highest BCUT2D eigenvalue weighted by Gasteiger charge is 2.15. The number of hydrogen-bond acceptors (Lipinski definition) is 5. The van der Waals surface area contributed by atoms with Gasteiger partial charge in [0.25, 0.3) is 0 Å². The molecule has 0 amide bonds. The van der Waals surface area contributed by atoms with E-state index in [2.05, 4.69) is 26.5 Å². The highest BCUT2D eigenvalue weighted by atomic mass is 32.2. The minimum Gasteiger partial charge on any atom is -0.360 e. The molecule has 0 saturated heterocycles. The molecular weight excluding hydrogens is 356 g/mol. The molecule has 0 aliphatic rings. The zero-order valence-electron chi connectivity index (χ0n) is 14.7. The Hall–Kier alpha value is -3.12. The van der Waals surface area contributed by atoms with Crippen LogP contribution in [0.3, 0.4) is 0 Å². The van der Waals surface area contributed by atoms with Crippen LogP contribution in [0.15, 0.2) is 89.1 Å². The third-order valence-electron chi connectivity index (χ3n) is 4.03. The van der Waals surface area contributed by atoms with Gasteiger partial charge in [0.05, 0.1) is 5.75 Å². The van der Waals surface area contributed by atoms with Gasteiger partial charge in [0.1, 0.15) is 11.5 Å². The maximum atomic E-state index is 5.48. The molecule has 0 aliphatic heterocycles. The van der Waals surface area contributed by atoms with Crippen molar-refractivity contribution in [1.29, 1.82) is 0 Å². The first-order valence-electron chi connectivity index (χ1n) is 8.58. The highest BCUT2D eigenvalue weighted by Crippen LogP contribution is 2.28. The zero-order valence-corrected chi connectivity index (χ0v) is 15.5. The van der Waals surface area contributed by atoms with Crippen molar-refractivity contribution >= 4 is 11.8 Å². The van der Waals surface area contributed by atoms with Crippen molar-refractivity contribution in [3.63, 3.8) is 0 Å². The van der Waals surface area contributed by atoms with Crippen LogP contribution in [-0.2, 0) is 12.3 Å². The highest BCUT2D eigenvalue weighted by molar-refractivity contribution is 7.98. The fraction of sp³-hybridized carbons (Fsp3) is 0.0952. The number of nitrogens with zero attached hydrogens (tertiary/aromatic N) is 4. The van der Waals surface area contributed by atoms with E-state index in [4.69, 9.17) is 4.52 Å². The monoisotopic (exact) mass is 374 g/mol. The number of hydrogen-bond donors (Lipinski definition) is 0. The van der Waals surface area contributed by atoms with Crippen molar-refractivity contribution in [1.82, 2.24) is 19.9 Å². The van der Waals surface area contributed by atoms with E-state index in [1.807, 2.05) is 72.8 Å². The van der Waals surface area contributed by atoms with Gasteiger partial charge in [0.15, 0.2) is 11.0 Å². The molecular formula is C21H18N4OS.